The van der Waals surface area contributed by atoms with Crippen LogP contribution in [0.25, 0.3) is 0 Å². The Hall–Kier alpha value is -2.31. The minimum atomic E-state index is -4.44. The van der Waals surface area contributed by atoms with Crippen molar-refractivity contribution in [2.24, 2.45) is 0 Å². The van der Waals surface area contributed by atoms with E-state index in [0.29, 0.717) is 11.7 Å². The predicted molar refractivity (Wildman–Crippen MR) is 82.8 cm³/mol. The van der Waals surface area contributed by atoms with Gasteiger partial charge in [-0.3, -0.25) is 4.79 Å². The fourth-order valence-electron chi connectivity index (χ4n) is 2.97. The number of benzene rings is 1. The van der Waals surface area contributed by atoms with E-state index >= 15 is 0 Å². The van der Waals surface area contributed by atoms with E-state index < -0.39 is 11.7 Å². The summed E-state index contributed by atoms with van der Waals surface area (Å²) >= 11 is 0. The van der Waals surface area contributed by atoms with Crippen molar-refractivity contribution in [2.45, 2.75) is 50.4 Å². The minimum Gasteiger partial charge on any atom is -0.360 e. The first-order valence-electron chi connectivity index (χ1n) is 8.36. The molecule has 0 atom stereocenters. The van der Waals surface area contributed by atoms with Crippen LogP contribution in [0.15, 0.2) is 34.9 Å². The molecule has 1 amide bonds. The number of nitrogens with zero attached hydrogens (tertiary/aromatic N) is 2. The molecule has 0 unspecified atom stereocenters. The predicted octanol–water partition coefficient (Wildman–Crippen LogP) is 4.38. The number of alkyl halides is 3. The Morgan fingerprint density at radius 1 is 1.20 bits per heavy atom. The van der Waals surface area contributed by atoms with E-state index in [1.807, 2.05) is 0 Å². The normalized spacial score (nSPS) is 17.6. The molecule has 0 saturated heterocycles. The molecule has 2 fully saturated rings. The van der Waals surface area contributed by atoms with E-state index in [9.17, 15) is 18.0 Å². The second-order valence-corrected chi connectivity index (χ2v) is 6.71. The average Bonchev–Trinajstić information content (AvgIpc) is 3.50. The van der Waals surface area contributed by atoms with Gasteiger partial charge in [0.15, 0.2) is 5.69 Å². The van der Waals surface area contributed by atoms with Crippen molar-refractivity contribution < 1.29 is 22.5 Å². The molecular weight excluding hydrogens is 333 g/mol. The van der Waals surface area contributed by atoms with Crippen molar-refractivity contribution in [1.29, 1.82) is 0 Å². The van der Waals surface area contributed by atoms with Crippen LogP contribution >= 0.6 is 0 Å². The van der Waals surface area contributed by atoms with Crippen molar-refractivity contribution in [3.05, 3.63) is 52.9 Å². The summed E-state index contributed by atoms with van der Waals surface area (Å²) in [6.45, 7) is -0.0786. The monoisotopic (exact) mass is 350 g/mol. The Morgan fingerprint density at radius 2 is 1.92 bits per heavy atom. The van der Waals surface area contributed by atoms with Crippen molar-refractivity contribution in [3.8, 4) is 0 Å². The van der Waals surface area contributed by atoms with Gasteiger partial charge in [-0.2, -0.15) is 13.2 Å². The lowest BCUT2D eigenvalue weighted by atomic mass is 10.1. The molecule has 1 aromatic carbocycles. The first-order valence-corrected chi connectivity index (χ1v) is 8.36. The second kappa shape index (κ2) is 5.89. The molecule has 2 aliphatic carbocycles. The maximum Gasteiger partial charge on any atom is 0.416 e. The summed E-state index contributed by atoms with van der Waals surface area (Å²) < 4.78 is 44.8. The summed E-state index contributed by atoms with van der Waals surface area (Å²) in [5.74, 6) is 0.652. The Morgan fingerprint density at radius 3 is 2.56 bits per heavy atom. The second-order valence-electron chi connectivity index (χ2n) is 6.71. The van der Waals surface area contributed by atoms with Gasteiger partial charge in [0.1, 0.15) is 5.76 Å². The van der Waals surface area contributed by atoms with Gasteiger partial charge < -0.3 is 9.42 Å². The van der Waals surface area contributed by atoms with Crippen LogP contribution in [-0.4, -0.2) is 22.0 Å². The molecule has 0 radical (unpaired) electrons. The van der Waals surface area contributed by atoms with Crippen molar-refractivity contribution in [1.82, 2.24) is 10.1 Å². The van der Waals surface area contributed by atoms with Gasteiger partial charge in [-0.25, -0.2) is 0 Å². The fraction of sp³-hybridized carbons (Fsp3) is 0.444. The summed E-state index contributed by atoms with van der Waals surface area (Å²) in [5, 5.41) is 3.83. The number of hydrogen-bond donors (Lipinski definition) is 0. The standard InChI is InChI=1S/C18H17F3N2O2/c19-18(20,21)14-4-2-1-3-12(14)10-23(13-7-8-13)17(24)15-9-16(25-22-15)11-5-6-11/h1-4,9,11,13H,5-8,10H2. The van der Waals surface area contributed by atoms with Crippen LogP contribution in [0.4, 0.5) is 13.2 Å². The van der Waals surface area contributed by atoms with Gasteiger partial charge in [-0.1, -0.05) is 23.4 Å². The van der Waals surface area contributed by atoms with Gasteiger partial charge in [0.25, 0.3) is 5.91 Å². The number of hydrogen-bond acceptors (Lipinski definition) is 3. The van der Waals surface area contributed by atoms with E-state index in [1.165, 1.54) is 17.0 Å². The Bertz CT molecular complexity index is 792. The topological polar surface area (TPSA) is 46.3 Å². The molecule has 1 aromatic heterocycles. The smallest absolute Gasteiger partial charge is 0.360 e. The molecule has 2 aromatic rings. The quantitative estimate of drug-likeness (QED) is 0.804. The van der Waals surface area contributed by atoms with Gasteiger partial charge in [-0.05, 0) is 37.3 Å². The molecule has 0 aliphatic heterocycles. The molecule has 2 aliphatic rings. The van der Waals surface area contributed by atoms with Crippen molar-refractivity contribution in [2.75, 3.05) is 0 Å². The maximum atomic E-state index is 13.2. The third kappa shape index (κ3) is 3.41. The van der Waals surface area contributed by atoms with E-state index in [-0.39, 0.29) is 29.8 Å². The Kier molecular flexibility index (Phi) is 3.81. The zero-order chi connectivity index (χ0) is 17.6. The van der Waals surface area contributed by atoms with Gasteiger partial charge in [0.05, 0.1) is 5.56 Å². The average molecular weight is 350 g/mol. The molecule has 0 spiro atoms. The zero-order valence-corrected chi connectivity index (χ0v) is 13.4. The SMILES string of the molecule is O=C(c1cc(C2CC2)on1)N(Cc1ccccc1C(F)(F)F)C1CC1. The van der Waals surface area contributed by atoms with Crippen LogP contribution < -0.4 is 0 Å². The largest absolute Gasteiger partial charge is 0.416 e. The molecule has 7 heteroatoms. The van der Waals surface area contributed by atoms with Gasteiger partial charge in [-0.15, -0.1) is 0 Å². The lowest BCUT2D eigenvalue weighted by Crippen LogP contribution is -2.33. The lowest BCUT2D eigenvalue weighted by molar-refractivity contribution is -0.138. The summed E-state index contributed by atoms with van der Waals surface area (Å²) in [7, 11) is 0. The van der Waals surface area contributed by atoms with Crippen molar-refractivity contribution in [3.63, 3.8) is 0 Å². The van der Waals surface area contributed by atoms with Gasteiger partial charge >= 0.3 is 6.18 Å². The molecule has 0 N–H and O–H groups in total. The molecule has 25 heavy (non-hydrogen) atoms. The third-order valence-electron chi connectivity index (χ3n) is 4.64. The van der Waals surface area contributed by atoms with Gasteiger partial charge in [0.2, 0.25) is 0 Å². The third-order valence-corrected chi connectivity index (χ3v) is 4.64. The van der Waals surface area contributed by atoms with E-state index in [4.69, 9.17) is 4.52 Å². The number of amides is 1. The molecule has 4 nitrogen and oxygen atoms in total. The Balaban J connectivity index is 1.59. The Labute approximate surface area is 142 Å². The molecule has 132 valence electrons. The highest BCUT2D eigenvalue weighted by molar-refractivity contribution is 5.92. The lowest BCUT2D eigenvalue weighted by Gasteiger charge is -2.23. The first kappa shape index (κ1) is 16.2. The zero-order valence-electron chi connectivity index (χ0n) is 13.4. The summed E-state index contributed by atoms with van der Waals surface area (Å²) in [6, 6.07) is 6.98. The highest BCUT2D eigenvalue weighted by Gasteiger charge is 2.38. The minimum absolute atomic E-state index is 0.0325. The first-order chi connectivity index (χ1) is 11.9. The van der Waals surface area contributed by atoms with Crippen LogP contribution in [0, 0.1) is 0 Å². The summed E-state index contributed by atoms with van der Waals surface area (Å²) in [4.78, 5) is 14.3. The highest BCUT2D eigenvalue weighted by Crippen LogP contribution is 2.40. The van der Waals surface area contributed by atoms with E-state index in [2.05, 4.69) is 5.16 Å². The number of halogens is 3. The molecular formula is C18H17F3N2O2. The molecule has 0 bridgehead atoms. The van der Waals surface area contributed by atoms with Crippen LogP contribution in [0.1, 0.15) is 59.0 Å². The molecule has 1 heterocycles. The van der Waals surface area contributed by atoms with Crippen LogP contribution in [0.3, 0.4) is 0 Å². The molecule has 4 rings (SSSR count). The van der Waals surface area contributed by atoms with Crippen LogP contribution in [0.2, 0.25) is 0 Å². The number of aromatic nitrogens is 1. The maximum absolute atomic E-state index is 13.2. The molecule has 2 saturated carbocycles. The summed E-state index contributed by atoms with van der Waals surface area (Å²) in [6.07, 6.45) is -0.801. The fourth-order valence-corrected chi connectivity index (χ4v) is 2.97. The number of carbonyl (C=O) groups excluding carboxylic acids is 1. The van der Waals surface area contributed by atoms with Crippen molar-refractivity contribution >= 4 is 5.91 Å². The van der Waals surface area contributed by atoms with Gasteiger partial charge in [0, 0.05) is 24.6 Å². The number of rotatable bonds is 5. The van der Waals surface area contributed by atoms with E-state index in [0.717, 1.165) is 31.7 Å². The highest BCUT2D eigenvalue weighted by atomic mass is 19.4. The van der Waals surface area contributed by atoms with Crippen LogP contribution in [-0.2, 0) is 12.7 Å². The van der Waals surface area contributed by atoms with E-state index in [1.54, 1.807) is 12.1 Å². The summed E-state index contributed by atoms with van der Waals surface area (Å²) in [5.41, 5.74) is -0.424. The number of carbonyl (C=O) groups is 1. The van der Waals surface area contributed by atoms with Crippen LogP contribution in [0.5, 0.6) is 0 Å².